The molecule has 97 heavy (non-hydrogen) atoms. The number of unbranched alkanes of at least 4 members (excludes halogenated alkanes) is 4. The molecular formula is C77H118O20. The van der Waals surface area contributed by atoms with Crippen LogP contribution in [-0.4, -0.2) is 222 Å². The lowest BCUT2D eigenvalue weighted by molar-refractivity contribution is -0.156. The van der Waals surface area contributed by atoms with Gasteiger partial charge in [0.05, 0.1) is 172 Å². The van der Waals surface area contributed by atoms with E-state index in [1.54, 1.807) is 14.2 Å². The summed E-state index contributed by atoms with van der Waals surface area (Å²) in [6, 6.07) is 30.7. The van der Waals surface area contributed by atoms with Crippen LogP contribution < -0.4 is 9.47 Å². The standard InChI is InChI=1S/C77H118O20/c1-75(2,3)96-73(78)17-11-9-13-35-94-67-25-19-63(20-26-67)65-23-29-69-70-30-24-66(64-21-27-68(28-22-64)95-36-14-10-12-18-74(79)97-76(4,5)6)62-72(70)77(71(69)61-65,31-15-33-82-39-37-80-7)32-16-34-83-41-42-85-45-46-87-49-50-89-53-54-91-57-58-93-60-59-92-56-55-90-52-51-88-48-47-86-44-43-84-40-38-81-8/h19-30,61-62H,9-18,31-60H2,1-8H3. The van der Waals surface area contributed by atoms with Crippen molar-refractivity contribution in [3.63, 3.8) is 0 Å². The van der Waals surface area contributed by atoms with Crippen molar-refractivity contribution in [1.29, 1.82) is 0 Å². The predicted octanol–water partition coefficient (Wildman–Crippen LogP) is 12.9. The molecule has 5 rings (SSSR count). The molecule has 0 saturated carbocycles. The number of hydrogen-bond acceptors (Lipinski definition) is 20. The summed E-state index contributed by atoms with van der Waals surface area (Å²) in [7, 11) is 3.34. The average molecular weight is 1360 g/mol. The largest absolute Gasteiger partial charge is 0.494 e. The third-order valence-corrected chi connectivity index (χ3v) is 15.5. The van der Waals surface area contributed by atoms with E-state index >= 15 is 0 Å². The zero-order valence-corrected chi connectivity index (χ0v) is 60.0. The SMILES string of the molecule is COCCOCCCC1(CCCOCCOCCOCCOCCOCCOCCOCCOCCOCCOCCOCCOC)c2cc(-c3ccc(OCCCCCC(=O)OC(C)(C)C)cc3)ccc2-c2ccc(-c3ccc(OCCCCCC(=O)OC(C)(C)C)cc3)cc21. The molecule has 0 N–H and O–H groups in total. The highest BCUT2D eigenvalue weighted by Crippen LogP contribution is 2.55. The first-order valence-corrected chi connectivity index (χ1v) is 35.3. The van der Waals surface area contributed by atoms with E-state index in [-0.39, 0.29) is 17.4 Å². The minimum absolute atomic E-state index is 0.158. The number of rotatable bonds is 60. The van der Waals surface area contributed by atoms with Gasteiger partial charge in [0, 0.05) is 45.7 Å². The van der Waals surface area contributed by atoms with Crippen molar-refractivity contribution in [2.24, 2.45) is 0 Å². The quantitative estimate of drug-likeness (QED) is 0.0298. The van der Waals surface area contributed by atoms with Crippen molar-refractivity contribution in [3.05, 3.63) is 96.1 Å². The zero-order chi connectivity index (χ0) is 69.3. The van der Waals surface area contributed by atoms with Crippen LogP contribution in [0.5, 0.6) is 11.5 Å². The van der Waals surface area contributed by atoms with Crippen LogP contribution in [0.1, 0.15) is 130 Å². The molecule has 0 aromatic heterocycles. The Balaban J connectivity index is 1.05. The Hall–Kier alpha value is -5.14. The summed E-state index contributed by atoms with van der Waals surface area (Å²) in [5, 5.41) is 0. The molecule has 0 fully saturated rings. The molecule has 0 heterocycles. The van der Waals surface area contributed by atoms with Gasteiger partial charge in [0.2, 0.25) is 0 Å². The first-order valence-electron chi connectivity index (χ1n) is 35.3. The van der Waals surface area contributed by atoms with Crippen LogP contribution in [0, 0.1) is 0 Å². The van der Waals surface area contributed by atoms with Crippen LogP contribution in [-0.2, 0) is 90.8 Å². The Kier molecular flexibility index (Phi) is 42.7. The molecule has 0 spiro atoms. The van der Waals surface area contributed by atoms with Gasteiger partial charge in [-0.1, -0.05) is 48.5 Å². The minimum Gasteiger partial charge on any atom is -0.494 e. The molecule has 1 aliphatic rings. The van der Waals surface area contributed by atoms with Crippen LogP contribution >= 0.6 is 0 Å². The molecule has 0 atom stereocenters. The number of carbonyl (C=O) groups excluding carboxylic acids is 2. The van der Waals surface area contributed by atoms with Gasteiger partial charge in [-0.25, -0.2) is 0 Å². The van der Waals surface area contributed by atoms with E-state index in [1.807, 2.05) is 65.8 Å². The van der Waals surface area contributed by atoms with Crippen molar-refractivity contribution in [2.75, 3.05) is 199 Å². The van der Waals surface area contributed by atoms with Gasteiger partial charge >= 0.3 is 11.9 Å². The molecule has 4 aromatic rings. The molecular weight excluding hydrogens is 1240 g/mol. The summed E-state index contributed by atoms with van der Waals surface area (Å²) in [6.07, 6.45) is 9.26. The predicted molar refractivity (Wildman–Crippen MR) is 375 cm³/mol. The molecule has 0 radical (unpaired) electrons. The second kappa shape index (κ2) is 50.2. The van der Waals surface area contributed by atoms with Crippen molar-refractivity contribution in [2.45, 2.75) is 135 Å². The van der Waals surface area contributed by atoms with Crippen LogP contribution in [0.15, 0.2) is 84.9 Å². The minimum atomic E-state index is -0.472. The second-order valence-corrected chi connectivity index (χ2v) is 25.7. The van der Waals surface area contributed by atoms with Gasteiger partial charge < -0.3 is 85.3 Å². The first-order chi connectivity index (χ1) is 47.2. The Morgan fingerprint density at radius 1 is 0.299 bits per heavy atom. The molecule has 1 aliphatic carbocycles. The third-order valence-electron chi connectivity index (χ3n) is 15.5. The van der Waals surface area contributed by atoms with E-state index in [0.29, 0.717) is 198 Å². The van der Waals surface area contributed by atoms with Gasteiger partial charge in [-0.3, -0.25) is 9.59 Å². The van der Waals surface area contributed by atoms with E-state index in [1.165, 1.54) is 22.3 Å². The van der Waals surface area contributed by atoms with E-state index in [4.69, 9.17) is 85.3 Å². The van der Waals surface area contributed by atoms with E-state index in [9.17, 15) is 9.59 Å². The van der Waals surface area contributed by atoms with Gasteiger partial charge in [-0.05, 0) is 187 Å². The van der Waals surface area contributed by atoms with Gasteiger partial charge in [-0.2, -0.15) is 0 Å². The van der Waals surface area contributed by atoms with E-state index in [2.05, 4.69) is 60.7 Å². The van der Waals surface area contributed by atoms with Crippen LogP contribution in [0.4, 0.5) is 0 Å². The number of methoxy groups -OCH3 is 2. The van der Waals surface area contributed by atoms with Crippen LogP contribution in [0.2, 0.25) is 0 Å². The smallest absolute Gasteiger partial charge is 0.306 e. The molecule has 546 valence electrons. The van der Waals surface area contributed by atoms with Gasteiger partial charge in [0.15, 0.2) is 0 Å². The van der Waals surface area contributed by atoms with E-state index < -0.39 is 11.2 Å². The molecule has 20 heteroatoms. The number of ether oxygens (including phenoxy) is 18. The Morgan fingerprint density at radius 3 is 0.845 bits per heavy atom. The summed E-state index contributed by atoms with van der Waals surface area (Å²) >= 11 is 0. The summed E-state index contributed by atoms with van der Waals surface area (Å²) in [4.78, 5) is 24.4. The highest BCUT2D eigenvalue weighted by atomic mass is 16.6. The number of fused-ring (bicyclic) bond motifs is 3. The van der Waals surface area contributed by atoms with Gasteiger partial charge in [-0.15, -0.1) is 0 Å². The Bertz CT molecular complexity index is 2520. The lowest BCUT2D eigenvalue weighted by atomic mass is 9.70. The van der Waals surface area contributed by atoms with Crippen LogP contribution in [0.25, 0.3) is 33.4 Å². The molecule has 4 aromatic carbocycles. The Morgan fingerprint density at radius 2 is 0.567 bits per heavy atom. The monoisotopic (exact) mass is 1360 g/mol. The lowest BCUT2D eigenvalue weighted by Gasteiger charge is -2.33. The summed E-state index contributed by atoms with van der Waals surface area (Å²) in [5.74, 6) is 1.32. The van der Waals surface area contributed by atoms with Crippen molar-refractivity contribution < 1.29 is 94.9 Å². The fourth-order valence-electron chi connectivity index (χ4n) is 10.9. The third kappa shape index (κ3) is 36.2. The maximum atomic E-state index is 12.2. The average Bonchev–Trinajstić information content (AvgIpc) is 1.56. The van der Waals surface area contributed by atoms with Crippen molar-refractivity contribution >= 4 is 11.9 Å². The Labute approximate surface area is 579 Å². The summed E-state index contributed by atoms with van der Waals surface area (Å²) in [6.45, 7) is 25.7. The maximum Gasteiger partial charge on any atom is 0.306 e. The second-order valence-electron chi connectivity index (χ2n) is 25.7. The number of hydrogen-bond donors (Lipinski definition) is 0. The topological polar surface area (TPSA) is 200 Å². The maximum absolute atomic E-state index is 12.2. The summed E-state index contributed by atoms with van der Waals surface area (Å²) in [5.41, 5.74) is 8.32. The first kappa shape index (κ1) is 82.5. The molecule has 20 nitrogen and oxygen atoms in total. The fourth-order valence-corrected chi connectivity index (χ4v) is 10.9. The normalized spacial score (nSPS) is 12.7. The van der Waals surface area contributed by atoms with Gasteiger partial charge in [0.1, 0.15) is 22.7 Å². The fraction of sp³-hybridized carbons (Fsp3) is 0.662. The molecule has 0 amide bonds. The van der Waals surface area contributed by atoms with E-state index in [0.717, 1.165) is 98.0 Å². The van der Waals surface area contributed by atoms with Crippen LogP contribution in [0.3, 0.4) is 0 Å². The molecule has 0 saturated heterocycles. The lowest BCUT2D eigenvalue weighted by Crippen LogP contribution is -2.27. The molecule has 0 bridgehead atoms. The highest BCUT2D eigenvalue weighted by Gasteiger charge is 2.43. The number of benzene rings is 4. The number of esters is 2. The molecule has 0 unspecified atom stereocenters. The highest BCUT2D eigenvalue weighted by molar-refractivity contribution is 5.86. The van der Waals surface area contributed by atoms with Crippen molar-refractivity contribution in [1.82, 2.24) is 0 Å². The summed E-state index contributed by atoms with van der Waals surface area (Å²) < 4.78 is 102. The molecule has 0 aliphatic heterocycles. The van der Waals surface area contributed by atoms with Gasteiger partial charge in [0.25, 0.3) is 0 Å². The van der Waals surface area contributed by atoms with Crippen molar-refractivity contribution in [3.8, 4) is 44.9 Å². The number of carbonyl (C=O) groups is 2. The zero-order valence-electron chi connectivity index (χ0n) is 60.0.